The van der Waals surface area contributed by atoms with Crippen LogP contribution >= 0.6 is 11.6 Å². The number of hydrogen-bond donors (Lipinski definition) is 1. The first-order valence-corrected chi connectivity index (χ1v) is 3.07. The molecule has 1 aromatic heterocycles. The molecular weight excluding hydrogens is 156 g/mol. The van der Waals surface area contributed by atoms with Crippen LogP contribution in [0.15, 0.2) is 10.7 Å². The Labute approximate surface area is 62.0 Å². The molecule has 0 bridgehead atoms. The van der Waals surface area contributed by atoms with Gasteiger partial charge < -0.3 is 10.2 Å². The maximum Gasteiger partial charge on any atom is 0.270 e. The Morgan fingerprint density at radius 3 is 2.90 bits per heavy atom. The molecule has 54 valence electrons. The van der Waals surface area contributed by atoms with E-state index in [9.17, 15) is 4.79 Å². The number of hydrogen-bond acceptors (Lipinski definition) is 3. The summed E-state index contributed by atoms with van der Waals surface area (Å²) in [6.45, 7) is 0. The van der Waals surface area contributed by atoms with Gasteiger partial charge in [0.2, 0.25) is 5.89 Å². The monoisotopic (exact) mass is 160 g/mol. The predicted molar refractivity (Wildman–Crippen MR) is 34.6 cm³/mol. The van der Waals surface area contributed by atoms with Crippen molar-refractivity contribution in [1.82, 2.24) is 4.98 Å². The zero-order chi connectivity index (χ0) is 7.56. The van der Waals surface area contributed by atoms with Crippen LogP contribution in [0.4, 0.5) is 0 Å². The minimum Gasteiger partial charge on any atom is -0.447 e. The molecule has 2 N–H and O–H groups in total. The fraction of sp³-hybridized carbons (Fsp3) is 0.200. The smallest absolute Gasteiger partial charge is 0.270 e. The van der Waals surface area contributed by atoms with Crippen LogP contribution in [0.2, 0.25) is 0 Å². The fourth-order valence-corrected chi connectivity index (χ4v) is 0.608. The average Bonchev–Trinajstić information content (AvgIpc) is 2.34. The second kappa shape index (κ2) is 2.70. The Balaban J connectivity index is 2.88. The van der Waals surface area contributed by atoms with E-state index in [0.717, 1.165) is 0 Å². The minimum atomic E-state index is -0.611. The number of nitrogens with zero attached hydrogens (tertiary/aromatic N) is 1. The summed E-state index contributed by atoms with van der Waals surface area (Å²) in [6.07, 6.45) is 1.18. The first-order chi connectivity index (χ1) is 4.74. The van der Waals surface area contributed by atoms with Gasteiger partial charge in [-0.2, -0.15) is 0 Å². The lowest BCUT2D eigenvalue weighted by molar-refractivity contribution is 0.0995. The number of rotatable bonds is 2. The molecule has 1 aromatic rings. The quantitative estimate of drug-likeness (QED) is 0.641. The Morgan fingerprint density at radius 2 is 2.60 bits per heavy atom. The van der Waals surface area contributed by atoms with Gasteiger partial charge in [-0.15, -0.1) is 11.6 Å². The van der Waals surface area contributed by atoms with E-state index in [1.54, 1.807) is 0 Å². The molecule has 1 heterocycles. The third kappa shape index (κ3) is 1.27. The topological polar surface area (TPSA) is 69.1 Å². The molecule has 0 atom stereocenters. The molecule has 10 heavy (non-hydrogen) atoms. The molecule has 1 amide bonds. The van der Waals surface area contributed by atoms with Crippen molar-refractivity contribution in [3.63, 3.8) is 0 Å². The first-order valence-electron chi connectivity index (χ1n) is 2.54. The van der Waals surface area contributed by atoms with Gasteiger partial charge in [-0.25, -0.2) is 4.98 Å². The predicted octanol–water partition coefficient (Wildman–Crippen LogP) is 0.512. The lowest BCUT2D eigenvalue weighted by Crippen LogP contribution is -2.11. The van der Waals surface area contributed by atoms with Gasteiger partial charge in [0.1, 0.15) is 6.26 Å². The van der Waals surface area contributed by atoms with E-state index in [1.807, 2.05) is 0 Å². The Bertz CT molecular complexity index is 246. The van der Waals surface area contributed by atoms with Crippen LogP contribution in [0.25, 0.3) is 0 Å². The highest BCUT2D eigenvalue weighted by molar-refractivity contribution is 6.16. The maximum atomic E-state index is 10.4. The van der Waals surface area contributed by atoms with Crippen molar-refractivity contribution in [2.45, 2.75) is 5.88 Å². The van der Waals surface area contributed by atoms with Crippen LogP contribution in [0.3, 0.4) is 0 Å². The number of halogens is 1. The van der Waals surface area contributed by atoms with Gasteiger partial charge in [0.15, 0.2) is 5.69 Å². The fourth-order valence-electron chi connectivity index (χ4n) is 0.485. The van der Waals surface area contributed by atoms with Crippen molar-refractivity contribution in [1.29, 1.82) is 0 Å². The molecule has 0 unspecified atom stereocenters. The summed E-state index contributed by atoms with van der Waals surface area (Å²) in [5.74, 6) is -0.164. The van der Waals surface area contributed by atoms with Gasteiger partial charge in [0.05, 0.1) is 5.88 Å². The number of alkyl halides is 1. The number of nitrogens with two attached hydrogens (primary N) is 1. The van der Waals surface area contributed by atoms with Crippen molar-refractivity contribution in [2.75, 3.05) is 0 Å². The number of carbonyl (C=O) groups is 1. The molecule has 0 radical (unpaired) electrons. The zero-order valence-corrected chi connectivity index (χ0v) is 5.76. The van der Waals surface area contributed by atoms with Crippen molar-refractivity contribution < 1.29 is 9.21 Å². The van der Waals surface area contributed by atoms with E-state index in [2.05, 4.69) is 4.98 Å². The maximum absolute atomic E-state index is 10.4. The van der Waals surface area contributed by atoms with E-state index < -0.39 is 5.91 Å². The largest absolute Gasteiger partial charge is 0.447 e. The second-order valence-corrected chi connectivity index (χ2v) is 1.89. The summed E-state index contributed by atoms with van der Waals surface area (Å²) in [4.78, 5) is 14.0. The Hall–Kier alpha value is -1.03. The summed E-state index contributed by atoms with van der Waals surface area (Å²) < 4.78 is 4.73. The summed E-state index contributed by atoms with van der Waals surface area (Å²) in [5, 5.41) is 0. The highest BCUT2D eigenvalue weighted by Crippen LogP contribution is 2.03. The summed E-state index contributed by atoms with van der Waals surface area (Å²) >= 11 is 5.34. The molecular formula is C5H5ClN2O2. The lowest BCUT2D eigenvalue weighted by Gasteiger charge is -1.80. The van der Waals surface area contributed by atoms with E-state index in [1.165, 1.54) is 6.26 Å². The average molecular weight is 161 g/mol. The van der Waals surface area contributed by atoms with Crippen molar-refractivity contribution in [2.24, 2.45) is 5.73 Å². The molecule has 1 rings (SSSR count). The SMILES string of the molecule is NC(=O)c1coc(CCl)n1. The molecule has 5 heteroatoms. The number of primary amides is 1. The minimum absolute atomic E-state index is 0.107. The number of oxazole rings is 1. The Kier molecular flexibility index (Phi) is 1.91. The third-order valence-electron chi connectivity index (χ3n) is 0.919. The van der Waals surface area contributed by atoms with Gasteiger partial charge in [0, 0.05) is 0 Å². The van der Waals surface area contributed by atoms with Crippen LogP contribution in [0, 0.1) is 0 Å². The van der Waals surface area contributed by atoms with Crippen molar-refractivity contribution in [3.8, 4) is 0 Å². The first kappa shape index (κ1) is 7.08. The highest BCUT2D eigenvalue weighted by Gasteiger charge is 2.06. The normalized spacial score (nSPS) is 9.70. The summed E-state index contributed by atoms with van der Waals surface area (Å²) in [6, 6.07) is 0. The van der Waals surface area contributed by atoms with Crippen LogP contribution in [-0.4, -0.2) is 10.9 Å². The second-order valence-electron chi connectivity index (χ2n) is 1.62. The molecule has 0 spiro atoms. The van der Waals surface area contributed by atoms with Crippen LogP contribution < -0.4 is 5.73 Å². The van der Waals surface area contributed by atoms with Gasteiger partial charge in [-0.05, 0) is 0 Å². The van der Waals surface area contributed by atoms with E-state index in [0.29, 0.717) is 5.89 Å². The standard InChI is InChI=1S/C5H5ClN2O2/c6-1-4-8-3(2-10-4)5(7)9/h2H,1H2,(H2,7,9). The van der Waals surface area contributed by atoms with Crippen molar-refractivity contribution in [3.05, 3.63) is 17.8 Å². The van der Waals surface area contributed by atoms with Crippen LogP contribution in [0.1, 0.15) is 16.4 Å². The molecule has 0 saturated carbocycles. The molecule has 0 aromatic carbocycles. The summed E-state index contributed by atoms with van der Waals surface area (Å²) in [5.41, 5.74) is 4.98. The third-order valence-corrected chi connectivity index (χ3v) is 1.15. The number of carbonyl (C=O) groups excluding carboxylic acids is 1. The lowest BCUT2D eigenvalue weighted by atomic mass is 10.5. The molecule has 0 aliphatic carbocycles. The zero-order valence-electron chi connectivity index (χ0n) is 5.00. The molecule has 0 fully saturated rings. The van der Waals surface area contributed by atoms with E-state index >= 15 is 0 Å². The van der Waals surface area contributed by atoms with Crippen LogP contribution in [0.5, 0.6) is 0 Å². The van der Waals surface area contributed by atoms with E-state index in [-0.39, 0.29) is 11.6 Å². The van der Waals surface area contributed by atoms with Gasteiger partial charge in [0.25, 0.3) is 5.91 Å². The van der Waals surface area contributed by atoms with E-state index in [4.69, 9.17) is 21.8 Å². The number of aromatic nitrogens is 1. The van der Waals surface area contributed by atoms with Gasteiger partial charge >= 0.3 is 0 Å². The van der Waals surface area contributed by atoms with Gasteiger partial charge in [-0.1, -0.05) is 0 Å². The molecule has 0 saturated heterocycles. The van der Waals surface area contributed by atoms with Crippen molar-refractivity contribution >= 4 is 17.5 Å². The molecule has 4 nitrogen and oxygen atoms in total. The molecule has 0 aliphatic heterocycles. The summed E-state index contributed by atoms with van der Waals surface area (Å²) in [7, 11) is 0. The van der Waals surface area contributed by atoms with Gasteiger partial charge in [-0.3, -0.25) is 4.79 Å². The molecule has 0 aliphatic rings. The number of amides is 1. The van der Waals surface area contributed by atoms with Crippen LogP contribution in [-0.2, 0) is 5.88 Å². The highest BCUT2D eigenvalue weighted by atomic mass is 35.5. The Morgan fingerprint density at radius 1 is 1.90 bits per heavy atom.